The number of aromatic amines is 2. The number of aryl methyl sites for hydroxylation is 4. The number of hydrogen-bond donors (Lipinski definition) is 2. The third-order valence-corrected chi connectivity index (χ3v) is 5.09. The SMILES string of the molecule is Cc1[nH]ncc1-c1nc(C2CCc3ncnn3C2)n(CCc2cnc[nH]2)n1. The lowest BCUT2D eigenvalue weighted by Gasteiger charge is -2.22. The Morgan fingerprint density at radius 1 is 1.30 bits per heavy atom. The molecule has 0 radical (unpaired) electrons. The van der Waals surface area contributed by atoms with Gasteiger partial charge in [-0.2, -0.15) is 15.3 Å². The number of hydrogen-bond acceptors (Lipinski definition) is 6. The first-order chi connectivity index (χ1) is 13.3. The molecule has 0 fully saturated rings. The summed E-state index contributed by atoms with van der Waals surface area (Å²) in [6.45, 7) is 3.50. The maximum atomic E-state index is 4.90. The van der Waals surface area contributed by atoms with Gasteiger partial charge in [0.2, 0.25) is 0 Å². The summed E-state index contributed by atoms with van der Waals surface area (Å²) in [7, 11) is 0. The molecule has 0 saturated carbocycles. The number of nitrogens with zero attached hydrogens (tertiary/aromatic N) is 8. The molecule has 1 unspecified atom stereocenters. The second-order valence-corrected chi connectivity index (χ2v) is 6.85. The molecular weight excluding hydrogens is 344 g/mol. The van der Waals surface area contributed by atoms with Crippen molar-refractivity contribution in [2.75, 3.05) is 0 Å². The van der Waals surface area contributed by atoms with E-state index in [-0.39, 0.29) is 5.92 Å². The fourth-order valence-electron chi connectivity index (χ4n) is 3.61. The summed E-state index contributed by atoms with van der Waals surface area (Å²) in [5, 5.41) is 16.2. The van der Waals surface area contributed by atoms with Gasteiger partial charge in [-0.1, -0.05) is 0 Å². The standard InChI is InChI=1S/C17H20N10/c1-11-14(7-21-24-11)16-23-17(12-2-3-15-20-10-22-27(15)8-12)26(25-16)5-4-13-6-18-9-19-13/h6-7,9-10,12H,2-5,8H2,1H3,(H,18,19)(H,21,24). The number of H-pyrrole nitrogens is 2. The van der Waals surface area contributed by atoms with E-state index in [1.54, 1.807) is 18.9 Å². The summed E-state index contributed by atoms with van der Waals surface area (Å²) >= 11 is 0. The minimum atomic E-state index is 0.259. The minimum absolute atomic E-state index is 0.259. The summed E-state index contributed by atoms with van der Waals surface area (Å²) in [5.74, 6) is 3.01. The summed E-state index contributed by atoms with van der Waals surface area (Å²) in [6, 6.07) is 0. The van der Waals surface area contributed by atoms with E-state index in [4.69, 9.17) is 10.1 Å². The quantitative estimate of drug-likeness (QED) is 0.550. The predicted octanol–water partition coefficient (Wildman–Crippen LogP) is 1.26. The van der Waals surface area contributed by atoms with Gasteiger partial charge in [0.15, 0.2) is 5.82 Å². The van der Waals surface area contributed by atoms with Gasteiger partial charge in [-0.15, -0.1) is 0 Å². The molecule has 5 rings (SSSR count). The van der Waals surface area contributed by atoms with Crippen LogP contribution in [-0.2, 0) is 25.9 Å². The van der Waals surface area contributed by atoms with Crippen molar-refractivity contribution in [1.29, 1.82) is 0 Å². The molecule has 0 saturated heterocycles. The van der Waals surface area contributed by atoms with Crippen LogP contribution in [0.4, 0.5) is 0 Å². The third kappa shape index (κ3) is 2.92. The van der Waals surface area contributed by atoms with E-state index in [2.05, 4.69) is 30.2 Å². The summed E-state index contributed by atoms with van der Waals surface area (Å²) in [6.07, 6.45) is 9.67. The first kappa shape index (κ1) is 15.9. The zero-order valence-electron chi connectivity index (χ0n) is 15.0. The molecule has 1 atom stereocenters. The molecule has 0 aromatic carbocycles. The van der Waals surface area contributed by atoms with Crippen molar-refractivity contribution in [2.45, 2.75) is 45.2 Å². The number of aromatic nitrogens is 10. The highest BCUT2D eigenvalue weighted by Gasteiger charge is 2.27. The Labute approximate surface area is 155 Å². The summed E-state index contributed by atoms with van der Waals surface area (Å²) < 4.78 is 4.00. The molecule has 1 aliphatic rings. The topological polar surface area (TPSA) is 119 Å². The van der Waals surface area contributed by atoms with Crippen LogP contribution in [0.5, 0.6) is 0 Å². The van der Waals surface area contributed by atoms with Crippen molar-refractivity contribution in [3.05, 3.63) is 48.1 Å². The molecule has 0 bridgehead atoms. The smallest absolute Gasteiger partial charge is 0.184 e. The van der Waals surface area contributed by atoms with E-state index in [0.29, 0.717) is 5.82 Å². The molecule has 0 spiro atoms. The van der Waals surface area contributed by atoms with Crippen LogP contribution < -0.4 is 0 Å². The average molecular weight is 364 g/mol. The Kier molecular flexibility index (Phi) is 3.80. The molecule has 0 amide bonds. The van der Waals surface area contributed by atoms with Gasteiger partial charge in [-0.05, 0) is 13.3 Å². The Balaban J connectivity index is 1.48. The zero-order chi connectivity index (χ0) is 18.2. The molecule has 27 heavy (non-hydrogen) atoms. The summed E-state index contributed by atoms with van der Waals surface area (Å²) in [5.41, 5.74) is 2.99. The van der Waals surface area contributed by atoms with Crippen molar-refractivity contribution >= 4 is 0 Å². The van der Waals surface area contributed by atoms with Gasteiger partial charge in [0.05, 0.1) is 24.6 Å². The molecule has 2 N–H and O–H groups in total. The van der Waals surface area contributed by atoms with E-state index < -0.39 is 0 Å². The Morgan fingerprint density at radius 3 is 3.07 bits per heavy atom. The first-order valence-electron chi connectivity index (χ1n) is 9.07. The maximum absolute atomic E-state index is 4.90. The van der Waals surface area contributed by atoms with Crippen LogP contribution in [-0.4, -0.2) is 49.7 Å². The normalized spacial score (nSPS) is 16.6. The van der Waals surface area contributed by atoms with Crippen molar-refractivity contribution in [3.8, 4) is 11.4 Å². The number of imidazole rings is 1. The molecule has 10 heteroatoms. The third-order valence-electron chi connectivity index (χ3n) is 5.09. The zero-order valence-corrected chi connectivity index (χ0v) is 15.0. The summed E-state index contributed by atoms with van der Waals surface area (Å²) in [4.78, 5) is 16.5. The van der Waals surface area contributed by atoms with Crippen LogP contribution in [0.1, 0.15) is 35.4 Å². The number of nitrogens with one attached hydrogen (secondary N) is 2. The van der Waals surface area contributed by atoms with E-state index >= 15 is 0 Å². The minimum Gasteiger partial charge on any atom is -0.348 e. The average Bonchev–Trinajstić information content (AvgIpc) is 3.45. The highest BCUT2D eigenvalue weighted by Crippen LogP contribution is 2.29. The van der Waals surface area contributed by atoms with Gasteiger partial charge in [0, 0.05) is 42.9 Å². The highest BCUT2D eigenvalue weighted by atomic mass is 15.4. The van der Waals surface area contributed by atoms with Crippen LogP contribution in [0, 0.1) is 6.92 Å². The lowest BCUT2D eigenvalue weighted by Crippen LogP contribution is -2.23. The van der Waals surface area contributed by atoms with E-state index in [0.717, 1.165) is 61.0 Å². The van der Waals surface area contributed by atoms with E-state index in [1.165, 1.54) is 0 Å². The van der Waals surface area contributed by atoms with Gasteiger partial charge in [0.1, 0.15) is 18.0 Å². The molecule has 0 aliphatic carbocycles. The highest BCUT2D eigenvalue weighted by molar-refractivity contribution is 5.56. The van der Waals surface area contributed by atoms with Gasteiger partial charge in [0.25, 0.3) is 0 Å². The van der Waals surface area contributed by atoms with E-state index in [9.17, 15) is 0 Å². The maximum Gasteiger partial charge on any atom is 0.184 e. The molecular formula is C17H20N10. The Hall–Kier alpha value is -3.30. The van der Waals surface area contributed by atoms with Gasteiger partial charge >= 0.3 is 0 Å². The van der Waals surface area contributed by atoms with Crippen LogP contribution in [0.2, 0.25) is 0 Å². The van der Waals surface area contributed by atoms with Crippen LogP contribution in [0.3, 0.4) is 0 Å². The van der Waals surface area contributed by atoms with Crippen LogP contribution >= 0.6 is 0 Å². The molecule has 10 nitrogen and oxygen atoms in total. The van der Waals surface area contributed by atoms with Crippen LogP contribution in [0.15, 0.2) is 25.0 Å². The first-order valence-corrected chi connectivity index (χ1v) is 9.07. The molecule has 5 heterocycles. The van der Waals surface area contributed by atoms with Crippen molar-refractivity contribution in [2.24, 2.45) is 0 Å². The predicted molar refractivity (Wildman–Crippen MR) is 95.7 cm³/mol. The lowest BCUT2D eigenvalue weighted by atomic mass is 9.99. The molecule has 4 aromatic heterocycles. The van der Waals surface area contributed by atoms with Crippen molar-refractivity contribution in [1.82, 2.24) is 49.7 Å². The monoisotopic (exact) mass is 364 g/mol. The molecule has 1 aliphatic heterocycles. The lowest BCUT2D eigenvalue weighted by molar-refractivity contribution is 0.391. The van der Waals surface area contributed by atoms with Crippen molar-refractivity contribution < 1.29 is 0 Å². The Morgan fingerprint density at radius 2 is 2.26 bits per heavy atom. The van der Waals surface area contributed by atoms with Crippen LogP contribution in [0.25, 0.3) is 11.4 Å². The Bertz CT molecular complexity index is 1040. The number of fused-ring (bicyclic) bond motifs is 1. The van der Waals surface area contributed by atoms with Crippen molar-refractivity contribution in [3.63, 3.8) is 0 Å². The second kappa shape index (κ2) is 6.45. The van der Waals surface area contributed by atoms with Gasteiger partial charge in [-0.25, -0.2) is 24.3 Å². The largest absolute Gasteiger partial charge is 0.348 e. The fourth-order valence-corrected chi connectivity index (χ4v) is 3.61. The fraction of sp³-hybridized carbons (Fsp3) is 0.412. The van der Waals surface area contributed by atoms with Gasteiger partial charge < -0.3 is 4.98 Å². The molecule has 4 aromatic rings. The number of rotatable bonds is 5. The van der Waals surface area contributed by atoms with E-state index in [1.807, 2.05) is 22.5 Å². The second-order valence-electron chi connectivity index (χ2n) is 6.85. The molecule has 138 valence electrons. The van der Waals surface area contributed by atoms with Gasteiger partial charge in [-0.3, -0.25) is 5.10 Å².